The SMILES string of the molecule is N=C(N)Oc1cc(Cl)c(Cl)cc1Cl. The molecular formula is C7H5Cl3N2O. The summed E-state index contributed by atoms with van der Waals surface area (Å²) in [5, 5.41) is 7.74. The van der Waals surface area contributed by atoms with Gasteiger partial charge in [-0.25, -0.2) is 0 Å². The van der Waals surface area contributed by atoms with E-state index in [-0.39, 0.29) is 10.8 Å². The fourth-order valence-electron chi connectivity index (χ4n) is 0.701. The van der Waals surface area contributed by atoms with Gasteiger partial charge in [0, 0.05) is 6.07 Å². The summed E-state index contributed by atoms with van der Waals surface area (Å²) in [5.41, 5.74) is 5.01. The zero-order valence-electron chi connectivity index (χ0n) is 6.27. The number of amidine groups is 1. The molecule has 1 aromatic carbocycles. The number of hydrogen-bond acceptors (Lipinski definition) is 2. The van der Waals surface area contributed by atoms with Crippen molar-refractivity contribution in [3.05, 3.63) is 27.2 Å². The molecule has 0 saturated carbocycles. The summed E-state index contributed by atoms with van der Waals surface area (Å²) in [7, 11) is 0. The van der Waals surface area contributed by atoms with Crippen molar-refractivity contribution >= 4 is 40.8 Å². The summed E-state index contributed by atoms with van der Waals surface area (Å²) in [5.74, 6) is 0.212. The third kappa shape index (κ3) is 2.66. The molecule has 0 radical (unpaired) electrons. The Balaban J connectivity index is 3.08. The lowest BCUT2D eigenvalue weighted by atomic mass is 10.3. The summed E-state index contributed by atoms with van der Waals surface area (Å²) in [6.45, 7) is 0. The maximum absolute atomic E-state index is 6.87. The minimum Gasteiger partial charge on any atom is -0.425 e. The van der Waals surface area contributed by atoms with Gasteiger partial charge in [-0.2, -0.15) is 0 Å². The lowest BCUT2D eigenvalue weighted by molar-refractivity contribution is 0.537. The first-order valence-corrected chi connectivity index (χ1v) is 4.30. The second-order valence-corrected chi connectivity index (χ2v) is 3.38. The molecule has 0 bridgehead atoms. The predicted octanol–water partition coefficient (Wildman–Crippen LogP) is 2.92. The predicted molar refractivity (Wildman–Crippen MR) is 54.0 cm³/mol. The molecule has 0 spiro atoms. The highest BCUT2D eigenvalue weighted by molar-refractivity contribution is 6.43. The molecule has 0 unspecified atom stereocenters. The van der Waals surface area contributed by atoms with Crippen LogP contribution in [0.25, 0.3) is 0 Å². The average molecular weight is 239 g/mol. The number of rotatable bonds is 1. The lowest BCUT2D eigenvalue weighted by Gasteiger charge is -2.06. The largest absolute Gasteiger partial charge is 0.425 e. The Morgan fingerprint density at radius 3 is 2.23 bits per heavy atom. The van der Waals surface area contributed by atoms with E-state index in [1.54, 1.807) is 0 Å². The van der Waals surface area contributed by atoms with Gasteiger partial charge in [0.25, 0.3) is 6.02 Å². The molecule has 0 saturated heterocycles. The maximum atomic E-state index is 6.87. The summed E-state index contributed by atoms with van der Waals surface area (Å²) in [6, 6.07) is 2.36. The van der Waals surface area contributed by atoms with Crippen molar-refractivity contribution in [1.29, 1.82) is 5.41 Å². The zero-order valence-corrected chi connectivity index (χ0v) is 8.54. The number of nitrogens with one attached hydrogen (secondary N) is 1. The fourth-order valence-corrected chi connectivity index (χ4v) is 1.28. The van der Waals surface area contributed by atoms with Gasteiger partial charge in [-0.1, -0.05) is 34.8 Å². The van der Waals surface area contributed by atoms with Crippen LogP contribution in [0.4, 0.5) is 0 Å². The van der Waals surface area contributed by atoms with Gasteiger partial charge in [-0.15, -0.1) is 0 Å². The molecule has 3 N–H and O–H groups in total. The topological polar surface area (TPSA) is 59.1 Å². The molecule has 0 amide bonds. The van der Waals surface area contributed by atoms with Crippen LogP contribution in [0, 0.1) is 5.41 Å². The highest BCUT2D eigenvalue weighted by Crippen LogP contribution is 2.33. The molecule has 6 heteroatoms. The molecule has 1 rings (SSSR count). The molecule has 13 heavy (non-hydrogen) atoms. The molecule has 0 aliphatic rings. The van der Waals surface area contributed by atoms with Crippen LogP contribution in [-0.4, -0.2) is 6.02 Å². The van der Waals surface area contributed by atoms with Crippen LogP contribution in [0.3, 0.4) is 0 Å². The molecule has 0 aliphatic heterocycles. The molecule has 0 heterocycles. The van der Waals surface area contributed by atoms with E-state index in [1.165, 1.54) is 12.1 Å². The number of nitrogens with two attached hydrogens (primary N) is 1. The Morgan fingerprint density at radius 2 is 1.69 bits per heavy atom. The number of ether oxygens (including phenoxy) is 1. The van der Waals surface area contributed by atoms with Crippen molar-refractivity contribution in [3.8, 4) is 5.75 Å². The van der Waals surface area contributed by atoms with E-state index in [2.05, 4.69) is 0 Å². The van der Waals surface area contributed by atoms with Gasteiger partial charge in [-0.3, -0.25) is 5.41 Å². The molecular weight excluding hydrogens is 234 g/mol. The second-order valence-electron chi connectivity index (χ2n) is 2.16. The maximum Gasteiger partial charge on any atom is 0.284 e. The quantitative estimate of drug-likeness (QED) is 0.450. The molecule has 0 fully saturated rings. The highest BCUT2D eigenvalue weighted by Gasteiger charge is 2.07. The van der Waals surface area contributed by atoms with E-state index in [4.69, 9.17) is 50.7 Å². The van der Waals surface area contributed by atoms with E-state index < -0.39 is 6.02 Å². The van der Waals surface area contributed by atoms with Crippen molar-refractivity contribution in [2.45, 2.75) is 0 Å². The Labute approximate surface area is 89.8 Å². The smallest absolute Gasteiger partial charge is 0.284 e. The van der Waals surface area contributed by atoms with Crippen LogP contribution < -0.4 is 10.5 Å². The van der Waals surface area contributed by atoms with Crippen LogP contribution in [-0.2, 0) is 0 Å². The van der Waals surface area contributed by atoms with Crippen LogP contribution >= 0.6 is 34.8 Å². The Morgan fingerprint density at radius 1 is 1.15 bits per heavy atom. The Hall–Kier alpha value is -0.640. The van der Waals surface area contributed by atoms with Gasteiger partial charge >= 0.3 is 0 Å². The molecule has 3 nitrogen and oxygen atoms in total. The first kappa shape index (κ1) is 10.4. The van der Waals surface area contributed by atoms with Gasteiger partial charge in [0.15, 0.2) is 5.75 Å². The molecule has 0 atom stereocenters. The normalized spacial score (nSPS) is 9.77. The van der Waals surface area contributed by atoms with Gasteiger partial charge in [0.05, 0.1) is 15.1 Å². The van der Waals surface area contributed by atoms with Crippen molar-refractivity contribution in [1.82, 2.24) is 0 Å². The minimum atomic E-state index is -0.458. The number of halogens is 3. The van der Waals surface area contributed by atoms with Crippen molar-refractivity contribution in [2.75, 3.05) is 0 Å². The van der Waals surface area contributed by atoms with E-state index in [9.17, 15) is 0 Å². The highest BCUT2D eigenvalue weighted by atomic mass is 35.5. The lowest BCUT2D eigenvalue weighted by Crippen LogP contribution is -2.17. The van der Waals surface area contributed by atoms with E-state index in [0.717, 1.165) is 0 Å². The van der Waals surface area contributed by atoms with Crippen LogP contribution in [0.1, 0.15) is 0 Å². The minimum absolute atomic E-state index is 0.212. The monoisotopic (exact) mass is 238 g/mol. The van der Waals surface area contributed by atoms with E-state index in [1.807, 2.05) is 0 Å². The standard InChI is InChI=1S/C7H5Cl3N2O/c8-3-1-5(10)6(2-4(3)9)13-7(11)12/h1-2H,(H3,11,12). The van der Waals surface area contributed by atoms with Crippen molar-refractivity contribution in [3.63, 3.8) is 0 Å². The summed E-state index contributed by atoms with van der Waals surface area (Å²) in [6.07, 6.45) is 0. The average Bonchev–Trinajstić information content (AvgIpc) is 1.99. The third-order valence-electron chi connectivity index (χ3n) is 1.19. The Kier molecular flexibility index (Phi) is 3.25. The molecule has 1 aromatic rings. The summed E-state index contributed by atoms with van der Waals surface area (Å²) in [4.78, 5) is 0. The van der Waals surface area contributed by atoms with E-state index >= 15 is 0 Å². The zero-order chi connectivity index (χ0) is 10.0. The van der Waals surface area contributed by atoms with Crippen molar-refractivity contribution in [2.24, 2.45) is 5.73 Å². The Bertz CT molecular complexity index is 354. The van der Waals surface area contributed by atoms with Crippen LogP contribution in [0.5, 0.6) is 5.75 Å². The van der Waals surface area contributed by atoms with Gasteiger partial charge in [0.1, 0.15) is 0 Å². The first-order valence-electron chi connectivity index (χ1n) is 3.17. The van der Waals surface area contributed by atoms with Crippen LogP contribution in [0.15, 0.2) is 12.1 Å². The summed E-state index contributed by atoms with van der Waals surface area (Å²) < 4.78 is 4.77. The third-order valence-corrected chi connectivity index (χ3v) is 2.21. The fraction of sp³-hybridized carbons (Fsp3) is 0. The van der Waals surface area contributed by atoms with Gasteiger partial charge in [0.2, 0.25) is 0 Å². The number of hydrogen-bond donors (Lipinski definition) is 2. The molecule has 70 valence electrons. The van der Waals surface area contributed by atoms with Crippen molar-refractivity contribution < 1.29 is 4.74 Å². The van der Waals surface area contributed by atoms with Gasteiger partial charge in [-0.05, 0) is 6.07 Å². The molecule has 0 aromatic heterocycles. The summed E-state index contributed by atoms with van der Waals surface area (Å²) >= 11 is 17.1. The van der Waals surface area contributed by atoms with Gasteiger partial charge < -0.3 is 10.5 Å². The van der Waals surface area contributed by atoms with E-state index in [0.29, 0.717) is 10.0 Å². The second kappa shape index (κ2) is 4.05. The number of benzene rings is 1. The first-order chi connectivity index (χ1) is 6.00. The van der Waals surface area contributed by atoms with Crippen LogP contribution in [0.2, 0.25) is 15.1 Å². The molecule has 0 aliphatic carbocycles.